The highest BCUT2D eigenvalue weighted by Crippen LogP contribution is 2.26. The van der Waals surface area contributed by atoms with Crippen LogP contribution in [0.3, 0.4) is 0 Å². The molecule has 1 aromatic rings. The van der Waals surface area contributed by atoms with Crippen molar-refractivity contribution < 1.29 is 9.59 Å². The number of amides is 2. The second-order valence-corrected chi connectivity index (χ2v) is 7.24. The summed E-state index contributed by atoms with van der Waals surface area (Å²) < 4.78 is 0. The fourth-order valence-electron chi connectivity index (χ4n) is 3.78. The van der Waals surface area contributed by atoms with E-state index in [1.807, 2.05) is 34.9 Å². The Hall–Kier alpha value is -1.84. The smallest absolute Gasteiger partial charge is 0.248 e. The van der Waals surface area contributed by atoms with Crippen molar-refractivity contribution in [2.75, 3.05) is 44.2 Å². The third-order valence-electron chi connectivity index (χ3n) is 5.20. The molecule has 0 bridgehead atoms. The Bertz CT molecular complexity index is 725. The molecule has 0 saturated carbocycles. The van der Waals surface area contributed by atoms with Gasteiger partial charge in [-0.1, -0.05) is 18.2 Å². The van der Waals surface area contributed by atoms with E-state index >= 15 is 0 Å². The topological polar surface area (TPSA) is 77.0 Å². The van der Waals surface area contributed by atoms with E-state index in [4.69, 9.17) is 0 Å². The number of guanidine groups is 1. The number of fused-ring (bicyclic) bond motifs is 1. The monoisotopic (exact) mass is 513 g/mol. The minimum atomic E-state index is 0. The van der Waals surface area contributed by atoms with Crippen LogP contribution in [0.1, 0.15) is 38.2 Å². The summed E-state index contributed by atoms with van der Waals surface area (Å²) in [4.78, 5) is 32.6. The van der Waals surface area contributed by atoms with Crippen LogP contribution in [0.25, 0.3) is 0 Å². The van der Waals surface area contributed by atoms with Gasteiger partial charge in [-0.2, -0.15) is 0 Å². The fraction of sp³-hybridized carbons (Fsp3) is 0.571. The molecule has 1 aromatic carbocycles. The average molecular weight is 513 g/mol. The summed E-state index contributed by atoms with van der Waals surface area (Å²) in [5.41, 5.74) is 2.25. The van der Waals surface area contributed by atoms with Crippen molar-refractivity contribution in [2.24, 2.45) is 4.99 Å². The summed E-state index contributed by atoms with van der Waals surface area (Å²) >= 11 is 0. The predicted molar refractivity (Wildman–Crippen MR) is 127 cm³/mol. The first kappa shape index (κ1) is 23.4. The molecule has 2 aliphatic heterocycles. The average Bonchev–Trinajstić information content (AvgIpc) is 3.13. The normalized spacial score (nSPS) is 16.3. The molecule has 29 heavy (non-hydrogen) atoms. The molecule has 1 saturated heterocycles. The van der Waals surface area contributed by atoms with Crippen LogP contribution in [0.5, 0.6) is 0 Å². The molecule has 160 valence electrons. The number of anilines is 1. The summed E-state index contributed by atoms with van der Waals surface area (Å²) in [5, 5.41) is 6.45. The zero-order valence-electron chi connectivity index (χ0n) is 17.2. The molecule has 0 unspecified atom stereocenters. The lowest BCUT2D eigenvalue weighted by Gasteiger charge is -2.29. The lowest BCUT2D eigenvalue weighted by molar-refractivity contribution is -0.127. The number of aliphatic imine (C=N–C) groups is 1. The lowest BCUT2D eigenvalue weighted by Crippen LogP contribution is -2.41. The van der Waals surface area contributed by atoms with Gasteiger partial charge < -0.3 is 20.4 Å². The van der Waals surface area contributed by atoms with Crippen LogP contribution in [0, 0.1) is 0 Å². The molecule has 0 spiro atoms. The van der Waals surface area contributed by atoms with Crippen molar-refractivity contribution in [3.05, 3.63) is 29.8 Å². The third kappa shape index (κ3) is 6.58. The number of hydrogen-bond donors (Lipinski definition) is 2. The number of nitrogens with zero attached hydrogens (tertiary/aromatic N) is 3. The van der Waals surface area contributed by atoms with Gasteiger partial charge in [-0.25, -0.2) is 4.99 Å². The summed E-state index contributed by atoms with van der Waals surface area (Å²) in [7, 11) is 0. The first-order valence-corrected chi connectivity index (χ1v) is 10.4. The molecule has 0 aromatic heterocycles. The number of nitrogens with one attached hydrogen (secondary N) is 2. The van der Waals surface area contributed by atoms with Crippen molar-refractivity contribution in [2.45, 2.75) is 39.0 Å². The van der Waals surface area contributed by atoms with Crippen molar-refractivity contribution >= 4 is 47.4 Å². The standard InChI is InChI=1S/C21H31N5O2.HI/c1-2-22-21(23-12-7-14-25-13-6-11-19(25)27)24-16-20(28)26-15-5-9-17-8-3-4-10-18(17)26;/h3-4,8,10H,2,5-7,9,11-16H2,1H3,(H2,22,23,24);1H. The Morgan fingerprint density at radius 1 is 1.14 bits per heavy atom. The van der Waals surface area contributed by atoms with E-state index in [0.717, 1.165) is 64.1 Å². The van der Waals surface area contributed by atoms with E-state index in [1.165, 1.54) is 5.56 Å². The first-order chi connectivity index (χ1) is 13.7. The van der Waals surface area contributed by atoms with E-state index in [9.17, 15) is 9.59 Å². The molecule has 7 nitrogen and oxygen atoms in total. The van der Waals surface area contributed by atoms with Gasteiger partial charge in [-0.3, -0.25) is 9.59 Å². The maximum Gasteiger partial charge on any atom is 0.248 e. The highest BCUT2D eigenvalue weighted by atomic mass is 127. The predicted octanol–water partition coefficient (Wildman–Crippen LogP) is 2.15. The van der Waals surface area contributed by atoms with E-state index in [1.54, 1.807) is 0 Å². The van der Waals surface area contributed by atoms with Crippen molar-refractivity contribution in [1.82, 2.24) is 15.5 Å². The molecular weight excluding hydrogens is 481 g/mol. The zero-order chi connectivity index (χ0) is 19.8. The van der Waals surface area contributed by atoms with Crippen LogP contribution in [0.4, 0.5) is 5.69 Å². The number of para-hydroxylation sites is 1. The summed E-state index contributed by atoms with van der Waals surface area (Å²) in [5.74, 6) is 0.925. The molecule has 2 amide bonds. The molecular formula is C21H32IN5O2. The molecule has 1 fully saturated rings. The summed E-state index contributed by atoms with van der Waals surface area (Å²) in [6.45, 7) is 5.97. The van der Waals surface area contributed by atoms with E-state index in [2.05, 4.69) is 21.7 Å². The second-order valence-electron chi connectivity index (χ2n) is 7.24. The van der Waals surface area contributed by atoms with Crippen molar-refractivity contribution in [3.8, 4) is 0 Å². The number of halogens is 1. The Morgan fingerprint density at radius 3 is 2.69 bits per heavy atom. The van der Waals surface area contributed by atoms with E-state index in [0.29, 0.717) is 12.4 Å². The van der Waals surface area contributed by atoms with Crippen LogP contribution in [0.2, 0.25) is 0 Å². The van der Waals surface area contributed by atoms with E-state index < -0.39 is 0 Å². The molecule has 8 heteroatoms. The Labute approximate surface area is 190 Å². The van der Waals surface area contributed by atoms with Crippen molar-refractivity contribution in [3.63, 3.8) is 0 Å². The van der Waals surface area contributed by atoms with Gasteiger partial charge in [-0.15, -0.1) is 24.0 Å². The Kier molecular flexibility index (Phi) is 9.69. The molecule has 0 radical (unpaired) electrons. The summed E-state index contributed by atoms with van der Waals surface area (Å²) in [6, 6.07) is 8.10. The van der Waals surface area contributed by atoms with Gasteiger partial charge in [0.2, 0.25) is 11.8 Å². The van der Waals surface area contributed by atoms with Gasteiger partial charge in [0.25, 0.3) is 0 Å². The maximum absolute atomic E-state index is 12.7. The largest absolute Gasteiger partial charge is 0.357 e. The second kappa shape index (κ2) is 12.0. The Morgan fingerprint density at radius 2 is 1.93 bits per heavy atom. The number of carbonyl (C=O) groups excluding carboxylic acids is 2. The number of rotatable bonds is 7. The van der Waals surface area contributed by atoms with E-state index in [-0.39, 0.29) is 42.3 Å². The van der Waals surface area contributed by atoms with Crippen molar-refractivity contribution in [1.29, 1.82) is 0 Å². The molecule has 0 aliphatic carbocycles. The summed E-state index contributed by atoms with van der Waals surface area (Å²) in [6.07, 6.45) is 4.52. The molecule has 2 N–H and O–H groups in total. The number of aryl methyl sites for hydroxylation is 1. The van der Waals surface area contributed by atoms with Crippen LogP contribution in [0.15, 0.2) is 29.3 Å². The minimum Gasteiger partial charge on any atom is -0.357 e. The minimum absolute atomic E-state index is 0. The van der Waals surface area contributed by atoms with Gasteiger partial charge >= 0.3 is 0 Å². The fourth-order valence-corrected chi connectivity index (χ4v) is 3.78. The van der Waals surface area contributed by atoms with Gasteiger partial charge in [0, 0.05) is 44.8 Å². The van der Waals surface area contributed by atoms with Crippen LogP contribution in [-0.4, -0.2) is 61.9 Å². The Balaban J connectivity index is 0.00000300. The number of hydrogen-bond acceptors (Lipinski definition) is 3. The van der Waals surface area contributed by atoms with Gasteiger partial charge in [0.05, 0.1) is 0 Å². The van der Waals surface area contributed by atoms with Gasteiger partial charge in [-0.05, 0) is 44.2 Å². The molecule has 2 aliphatic rings. The van der Waals surface area contributed by atoms with Gasteiger partial charge in [0.1, 0.15) is 6.54 Å². The quantitative estimate of drug-likeness (QED) is 0.254. The first-order valence-electron chi connectivity index (χ1n) is 10.4. The van der Waals surface area contributed by atoms with Crippen LogP contribution < -0.4 is 15.5 Å². The molecule has 3 rings (SSSR count). The zero-order valence-corrected chi connectivity index (χ0v) is 19.5. The highest BCUT2D eigenvalue weighted by molar-refractivity contribution is 14.0. The molecule has 2 heterocycles. The third-order valence-corrected chi connectivity index (χ3v) is 5.20. The molecule has 0 atom stereocenters. The number of likely N-dealkylation sites (tertiary alicyclic amines) is 1. The number of benzene rings is 1. The highest BCUT2D eigenvalue weighted by Gasteiger charge is 2.22. The lowest BCUT2D eigenvalue weighted by atomic mass is 10.0. The van der Waals surface area contributed by atoms with Gasteiger partial charge in [0.15, 0.2) is 5.96 Å². The van der Waals surface area contributed by atoms with Crippen LogP contribution in [-0.2, 0) is 16.0 Å². The number of carbonyl (C=O) groups is 2. The SMILES string of the molecule is CCNC(=NCC(=O)N1CCCc2ccccc21)NCCCN1CCCC1=O.I. The maximum atomic E-state index is 12.7. The van der Waals surface area contributed by atoms with Crippen LogP contribution >= 0.6 is 24.0 Å².